The van der Waals surface area contributed by atoms with Gasteiger partial charge in [0.1, 0.15) is 17.1 Å². The Hall–Kier alpha value is -1.22. The molecule has 0 fully saturated rings. The number of phenols is 1. The van der Waals surface area contributed by atoms with Gasteiger partial charge in [-0.05, 0) is 34.0 Å². The molecule has 16 heavy (non-hydrogen) atoms. The number of hydrogen-bond donors (Lipinski definition) is 1. The van der Waals surface area contributed by atoms with Gasteiger partial charge in [0, 0.05) is 24.1 Å². The predicted molar refractivity (Wildman–Crippen MR) is 63.9 cm³/mol. The molecule has 0 amide bonds. The Bertz CT molecular complexity index is 399. The minimum Gasteiger partial charge on any atom is -0.508 e. The summed E-state index contributed by atoms with van der Waals surface area (Å²) in [5, 5.41) is 9.49. The van der Waals surface area contributed by atoms with Crippen molar-refractivity contribution in [2.24, 2.45) is 0 Å². The molecule has 0 aliphatic carbocycles. The number of aromatic hydroxyl groups is 1. The molecule has 3 heteroatoms. The first-order valence-corrected chi connectivity index (χ1v) is 5.57. The molecule has 1 N–H and O–H groups in total. The van der Waals surface area contributed by atoms with Gasteiger partial charge < -0.3 is 14.7 Å². The number of benzene rings is 1. The van der Waals surface area contributed by atoms with E-state index in [1.807, 2.05) is 6.07 Å². The summed E-state index contributed by atoms with van der Waals surface area (Å²) in [6.45, 7) is 4.16. The van der Waals surface area contributed by atoms with Crippen LogP contribution in [0.25, 0.3) is 0 Å². The van der Waals surface area contributed by atoms with Crippen molar-refractivity contribution >= 4 is 0 Å². The van der Waals surface area contributed by atoms with Crippen molar-refractivity contribution in [2.45, 2.75) is 31.9 Å². The first kappa shape index (κ1) is 11.3. The van der Waals surface area contributed by atoms with Gasteiger partial charge in [-0.1, -0.05) is 6.07 Å². The van der Waals surface area contributed by atoms with E-state index in [-0.39, 0.29) is 11.4 Å². The molecular formula is C13H19NO2. The van der Waals surface area contributed by atoms with Crippen molar-refractivity contribution < 1.29 is 9.84 Å². The van der Waals surface area contributed by atoms with Crippen LogP contribution < -0.4 is 4.74 Å². The molecule has 1 aromatic rings. The molecule has 0 aromatic heterocycles. The van der Waals surface area contributed by atoms with E-state index in [1.54, 1.807) is 12.1 Å². The van der Waals surface area contributed by atoms with Crippen LogP contribution in [0.4, 0.5) is 0 Å². The number of ether oxygens (including phenoxy) is 1. The second-order valence-corrected chi connectivity index (χ2v) is 5.27. The average Bonchev–Trinajstić information content (AvgIpc) is 2.14. The van der Waals surface area contributed by atoms with Crippen molar-refractivity contribution in [2.75, 3.05) is 14.1 Å². The van der Waals surface area contributed by atoms with E-state index in [0.717, 1.165) is 17.7 Å². The topological polar surface area (TPSA) is 32.7 Å². The van der Waals surface area contributed by atoms with Gasteiger partial charge in [-0.3, -0.25) is 0 Å². The summed E-state index contributed by atoms with van der Waals surface area (Å²) in [5.74, 6) is 1.06. The fraction of sp³-hybridized carbons (Fsp3) is 0.538. The Labute approximate surface area is 96.6 Å². The van der Waals surface area contributed by atoms with E-state index >= 15 is 0 Å². The minimum absolute atomic E-state index is 0.185. The lowest BCUT2D eigenvalue weighted by molar-refractivity contribution is 0.0434. The molecule has 1 heterocycles. The third-order valence-corrected chi connectivity index (χ3v) is 3.05. The molecule has 88 valence electrons. The molecule has 0 spiro atoms. The van der Waals surface area contributed by atoms with Gasteiger partial charge in [0.15, 0.2) is 0 Å². The minimum atomic E-state index is -0.185. The van der Waals surface area contributed by atoms with Crippen molar-refractivity contribution in [1.29, 1.82) is 0 Å². The van der Waals surface area contributed by atoms with E-state index < -0.39 is 0 Å². The molecule has 2 rings (SSSR count). The van der Waals surface area contributed by atoms with Gasteiger partial charge in [0.2, 0.25) is 0 Å². The van der Waals surface area contributed by atoms with Crippen LogP contribution >= 0.6 is 0 Å². The van der Waals surface area contributed by atoms with Crippen molar-refractivity contribution in [3.8, 4) is 11.5 Å². The van der Waals surface area contributed by atoms with Crippen molar-refractivity contribution in [3.63, 3.8) is 0 Å². The largest absolute Gasteiger partial charge is 0.508 e. The Kier molecular flexibility index (Phi) is 2.58. The Morgan fingerprint density at radius 3 is 2.69 bits per heavy atom. The molecule has 0 saturated carbocycles. The van der Waals surface area contributed by atoms with Crippen LogP contribution in [0, 0.1) is 0 Å². The van der Waals surface area contributed by atoms with Crippen LogP contribution in [0.2, 0.25) is 0 Å². The summed E-state index contributed by atoms with van der Waals surface area (Å²) in [6, 6.07) is 5.72. The van der Waals surface area contributed by atoms with Gasteiger partial charge in [-0.25, -0.2) is 0 Å². The first-order valence-electron chi connectivity index (χ1n) is 5.57. The van der Waals surface area contributed by atoms with Gasteiger partial charge >= 0.3 is 0 Å². The quantitative estimate of drug-likeness (QED) is 0.791. The number of fused-ring (bicyclic) bond motifs is 1. The lowest BCUT2D eigenvalue weighted by Crippen LogP contribution is -2.39. The molecule has 1 aromatic carbocycles. The highest BCUT2D eigenvalue weighted by Crippen LogP contribution is 2.42. The zero-order valence-electron chi connectivity index (χ0n) is 10.3. The summed E-state index contributed by atoms with van der Waals surface area (Å²) in [6.07, 6.45) is 0.956. The summed E-state index contributed by atoms with van der Waals surface area (Å²) >= 11 is 0. The molecule has 0 bridgehead atoms. The fourth-order valence-electron chi connectivity index (χ4n) is 2.26. The molecule has 1 atom stereocenters. The number of phenolic OH excluding ortho intramolecular Hbond substituents is 1. The van der Waals surface area contributed by atoms with Crippen LogP contribution in [-0.2, 0) is 0 Å². The Balaban J connectivity index is 2.47. The van der Waals surface area contributed by atoms with Crippen LogP contribution in [0.5, 0.6) is 11.5 Å². The Morgan fingerprint density at radius 2 is 2.06 bits per heavy atom. The van der Waals surface area contributed by atoms with Crippen LogP contribution in [0.1, 0.15) is 31.9 Å². The third-order valence-electron chi connectivity index (χ3n) is 3.05. The second-order valence-electron chi connectivity index (χ2n) is 5.27. The molecule has 1 aliphatic rings. The van der Waals surface area contributed by atoms with E-state index in [4.69, 9.17) is 4.74 Å². The summed E-state index contributed by atoms with van der Waals surface area (Å²) < 4.78 is 5.89. The summed E-state index contributed by atoms with van der Waals surface area (Å²) in [4.78, 5) is 2.19. The van der Waals surface area contributed by atoms with Crippen molar-refractivity contribution in [1.82, 2.24) is 4.90 Å². The maximum atomic E-state index is 9.49. The van der Waals surface area contributed by atoms with E-state index in [9.17, 15) is 5.11 Å². The van der Waals surface area contributed by atoms with Gasteiger partial charge in [0.05, 0.1) is 0 Å². The van der Waals surface area contributed by atoms with Crippen LogP contribution in [0.3, 0.4) is 0 Å². The third kappa shape index (κ3) is 2.00. The van der Waals surface area contributed by atoms with Crippen LogP contribution in [-0.4, -0.2) is 29.7 Å². The summed E-state index contributed by atoms with van der Waals surface area (Å²) in [7, 11) is 4.14. The molecule has 0 radical (unpaired) electrons. The van der Waals surface area contributed by atoms with Gasteiger partial charge in [0.25, 0.3) is 0 Å². The molecule has 1 aliphatic heterocycles. The predicted octanol–water partition coefficient (Wildman–Crippen LogP) is 2.56. The van der Waals surface area contributed by atoms with Crippen molar-refractivity contribution in [3.05, 3.63) is 23.8 Å². The highest BCUT2D eigenvalue weighted by atomic mass is 16.5. The van der Waals surface area contributed by atoms with Gasteiger partial charge in [-0.15, -0.1) is 0 Å². The highest BCUT2D eigenvalue weighted by Gasteiger charge is 2.34. The lowest BCUT2D eigenvalue weighted by Gasteiger charge is -2.40. The van der Waals surface area contributed by atoms with E-state index in [2.05, 4.69) is 32.8 Å². The van der Waals surface area contributed by atoms with E-state index in [0.29, 0.717) is 6.04 Å². The molecule has 1 unspecified atom stereocenters. The Morgan fingerprint density at radius 1 is 1.38 bits per heavy atom. The number of rotatable bonds is 1. The second kappa shape index (κ2) is 3.67. The summed E-state index contributed by atoms with van der Waals surface area (Å²) in [5.41, 5.74) is 0.970. The smallest absolute Gasteiger partial charge is 0.128 e. The zero-order chi connectivity index (χ0) is 11.9. The maximum absolute atomic E-state index is 9.49. The standard InChI is InChI=1S/C13H19NO2/c1-13(2)8-11(14(3)4)10-6-5-9(15)7-12(10)16-13/h5-7,11,15H,8H2,1-4H3. The van der Waals surface area contributed by atoms with Gasteiger partial charge in [-0.2, -0.15) is 0 Å². The number of nitrogens with zero attached hydrogens (tertiary/aromatic N) is 1. The SMILES string of the molecule is CN(C)C1CC(C)(C)Oc2cc(O)ccc21. The van der Waals surface area contributed by atoms with Crippen LogP contribution in [0.15, 0.2) is 18.2 Å². The number of hydrogen-bond acceptors (Lipinski definition) is 3. The first-order chi connectivity index (χ1) is 7.39. The molecule has 3 nitrogen and oxygen atoms in total. The fourth-order valence-corrected chi connectivity index (χ4v) is 2.26. The normalized spacial score (nSPS) is 22.7. The average molecular weight is 221 g/mol. The zero-order valence-corrected chi connectivity index (χ0v) is 10.3. The highest BCUT2D eigenvalue weighted by molar-refractivity contribution is 5.43. The molecule has 0 saturated heterocycles. The maximum Gasteiger partial charge on any atom is 0.128 e. The van der Waals surface area contributed by atoms with E-state index in [1.165, 1.54) is 0 Å². The molecular weight excluding hydrogens is 202 g/mol. The monoisotopic (exact) mass is 221 g/mol. The lowest BCUT2D eigenvalue weighted by atomic mass is 9.89.